The van der Waals surface area contributed by atoms with Crippen molar-refractivity contribution >= 4 is 11.9 Å². The average Bonchev–Trinajstić information content (AvgIpc) is 2.62. The first-order chi connectivity index (χ1) is 12.3. The lowest BCUT2D eigenvalue weighted by molar-refractivity contribution is -0.130. The van der Waals surface area contributed by atoms with Gasteiger partial charge in [0.2, 0.25) is 0 Å². The van der Waals surface area contributed by atoms with E-state index in [-0.39, 0.29) is 6.10 Å². The van der Waals surface area contributed by atoms with Crippen LogP contribution in [-0.4, -0.2) is 29.6 Å². The lowest BCUT2D eigenvalue weighted by atomic mass is 9.83. The first kappa shape index (κ1) is 19.8. The number of nitrogens with zero attached hydrogens (tertiary/aromatic N) is 1. The van der Waals surface area contributed by atoms with Crippen LogP contribution in [0.5, 0.6) is 5.75 Å². The van der Waals surface area contributed by atoms with Crippen molar-refractivity contribution in [3.8, 4) is 11.8 Å². The zero-order chi connectivity index (χ0) is 19.2. The molecule has 6 heteroatoms. The molecule has 0 spiro atoms. The predicted molar refractivity (Wildman–Crippen MR) is 96.7 cm³/mol. The lowest BCUT2D eigenvalue weighted by Gasteiger charge is -2.32. The Hall–Kier alpha value is -2.55. The molecule has 26 heavy (non-hydrogen) atoms. The molecule has 0 saturated heterocycles. The third-order valence-corrected chi connectivity index (χ3v) is 4.40. The van der Waals surface area contributed by atoms with Gasteiger partial charge in [0.25, 0.3) is 5.91 Å². The Balaban J connectivity index is 1.93. The Labute approximate surface area is 154 Å². The highest BCUT2D eigenvalue weighted by Crippen LogP contribution is 2.27. The minimum atomic E-state index is -0.971. The number of benzene rings is 1. The molecule has 1 saturated carbocycles. The summed E-state index contributed by atoms with van der Waals surface area (Å²) < 4.78 is 10.8. The van der Waals surface area contributed by atoms with Crippen LogP contribution in [-0.2, 0) is 9.53 Å². The highest BCUT2D eigenvalue weighted by atomic mass is 16.5. The van der Waals surface area contributed by atoms with Crippen LogP contribution >= 0.6 is 0 Å². The molecular weight excluding hydrogens is 332 g/mol. The van der Waals surface area contributed by atoms with Crippen molar-refractivity contribution in [2.24, 2.45) is 0 Å². The van der Waals surface area contributed by atoms with Crippen LogP contribution in [0.1, 0.15) is 63.2 Å². The first-order valence-corrected chi connectivity index (χ1v) is 9.06. The Morgan fingerprint density at radius 2 is 1.73 bits per heavy atom. The maximum absolute atomic E-state index is 12.4. The third-order valence-electron chi connectivity index (χ3n) is 4.40. The Morgan fingerprint density at radius 3 is 2.27 bits per heavy atom. The largest absolute Gasteiger partial charge is 0.491 e. The van der Waals surface area contributed by atoms with Crippen LogP contribution in [0.15, 0.2) is 24.3 Å². The second-order valence-corrected chi connectivity index (χ2v) is 6.98. The molecule has 1 aromatic rings. The zero-order valence-electron chi connectivity index (χ0n) is 15.6. The fourth-order valence-corrected chi connectivity index (χ4v) is 2.98. The van der Waals surface area contributed by atoms with Gasteiger partial charge in [-0.1, -0.05) is 19.3 Å². The van der Waals surface area contributed by atoms with E-state index in [0.717, 1.165) is 19.3 Å². The van der Waals surface area contributed by atoms with Crippen molar-refractivity contribution in [1.29, 1.82) is 5.26 Å². The number of hydrogen-bond acceptors (Lipinski definition) is 5. The van der Waals surface area contributed by atoms with Gasteiger partial charge in [0.05, 0.1) is 17.7 Å². The average molecular weight is 358 g/mol. The van der Waals surface area contributed by atoms with Gasteiger partial charge in [0.1, 0.15) is 11.3 Å². The normalized spacial score (nSPS) is 17.0. The molecule has 0 aliphatic heterocycles. The van der Waals surface area contributed by atoms with E-state index in [1.165, 1.54) is 6.92 Å². The van der Waals surface area contributed by atoms with Gasteiger partial charge in [0, 0.05) is 0 Å². The molecule has 1 atom stereocenters. The summed E-state index contributed by atoms with van der Waals surface area (Å²) in [4.78, 5) is 24.6. The minimum absolute atomic E-state index is 0.0452. The number of rotatable bonds is 6. The molecule has 1 aliphatic rings. The summed E-state index contributed by atoms with van der Waals surface area (Å²) in [6.07, 6.45) is 3.23. The van der Waals surface area contributed by atoms with E-state index in [1.807, 2.05) is 13.8 Å². The molecular formula is C20H26N2O4. The predicted octanol–water partition coefficient (Wildman–Crippen LogP) is 3.36. The second-order valence-electron chi connectivity index (χ2n) is 6.98. The minimum Gasteiger partial charge on any atom is -0.491 e. The molecule has 0 radical (unpaired) electrons. The molecule has 0 bridgehead atoms. The van der Waals surface area contributed by atoms with Crippen LogP contribution in [0, 0.1) is 11.3 Å². The lowest BCUT2D eigenvalue weighted by Crippen LogP contribution is -2.52. The summed E-state index contributed by atoms with van der Waals surface area (Å²) >= 11 is 0. The van der Waals surface area contributed by atoms with E-state index in [1.54, 1.807) is 24.3 Å². The number of amides is 1. The van der Waals surface area contributed by atoms with E-state index in [0.29, 0.717) is 24.2 Å². The number of ether oxygens (including phenoxy) is 2. The fraction of sp³-hybridized carbons (Fsp3) is 0.550. The smallest absolute Gasteiger partial charge is 0.338 e. The first-order valence-electron chi connectivity index (χ1n) is 9.06. The molecule has 1 fully saturated rings. The Kier molecular flexibility index (Phi) is 6.62. The highest BCUT2D eigenvalue weighted by Gasteiger charge is 2.35. The Bertz CT molecular complexity index is 670. The standard InChI is InChI=1S/C20H26N2O4/c1-14(2)25-17-9-7-16(8-10-17)19(24)26-15(3)18(23)22-20(13-21)11-5-4-6-12-20/h7-10,14-15H,4-6,11-12H2,1-3H3,(H,22,23)/t15-/m0/s1. The van der Waals surface area contributed by atoms with Crippen molar-refractivity contribution in [1.82, 2.24) is 5.32 Å². The number of esters is 1. The Morgan fingerprint density at radius 1 is 1.12 bits per heavy atom. The van der Waals surface area contributed by atoms with Gasteiger partial charge in [-0.2, -0.15) is 5.26 Å². The van der Waals surface area contributed by atoms with Crippen molar-refractivity contribution in [2.75, 3.05) is 0 Å². The van der Waals surface area contributed by atoms with Gasteiger partial charge in [-0.25, -0.2) is 4.79 Å². The van der Waals surface area contributed by atoms with Crippen molar-refractivity contribution in [3.05, 3.63) is 29.8 Å². The van der Waals surface area contributed by atoms with E-state index in [9.17, 15) is 14.9 Å². The van der Waals surface area contributed by atoms with E-state index < -0.39 is 23.5 Å². The van der Waals surface area contributed by atoms with Gasteiger partial charge >= 0.3 is 5.97 Å². The zero-order valence-corrected chi connectivity index (χ0v) is 15.6. The number of nitriles is 1. The summed E-state index contributed by atoms with van der Waals surface area (Å²) in [6, 6.07) is 8.80. The quantitative estimate of drug-likeness (QED) is 0.788. The second kappa shape index (κ2) is 8.70. The van der Waals surface area contributed by atoms with Gasteiger partial charge in [-0.3, -0.25) is 4.79 Å². The van der Waals surface area contributed by atoms with E-state index >= 15 is 0 Å². The molecule has 1 amide bonds. The van der Waals surface area contributed by atoms with Crippen LogP contribution in [0.3, 0.4) is 0 Å². The topological polar surface area (TPSA) is 88.4 Å². The monoisotopic (exact) mass is 358 g/mol. The number of nitrogens with one attached hydrogen (secondary N) is 1. The van der Waals surface area contributed by atoms with E-state index in [4.69, 9.17) is 9.47 Å². The molecule has 1 aliphatic carbocycles. The molecule has 0 unspecified atom stereocenters. The van der Waals surface area contributed by atoms with Crippen molar-refractivity contribution < 1.29 is 19.1 Å². The van der Waals surface area contributed by atoms with Crippen LogP contribution in [0.4, 0.5) is 0 Å². The molecule has 140 valence electrons. The van der Waals surface area contributed by atoms with Crippen molar-refractivity contribution in [3.63, 3.8) is 0 Å². The number of hydrogen-bond donors (Lipinski definition) is 1. The molecule has 0 aromatic heterocycles. The molecule has 1 aromatic carbocycles. The van der Waals surface area contributed by atoms with Crippen molar-refractivity contribution in [2.45, 2.75) is 70.6 Å². The van der Waals surface area contributed by atoms with Gasteiger partial charge < -0.3 is 14.8 Å². The van der Waals surface area contributed by atoms with Crippen LogP contribution in [0.2, 0.25) is 0 Å². The summed E-state index contributed by atoms with van der Waals surface area (Å²) in [5.74, 6) is -0.365. The van der Waals surface area contributed by atoms with Crippen LogP contribution < -0.4 is 10.1 Å². The molecule has 1 N–H and O–H groups in total. The number of carbonyl (C=O) groups excluding carboxylic acids is 2. The summed E-state index contributed by atoms with van der Waals surface area (Å²) in [5.41, 5.74) is -0.500. The molecule has 6 nitrogen and oxygen atoms in total. The van der Waals surface area contributed by atoms with Crippen LogP contribution in [0.25, 0.3) is 0 Å². The summed E-state index contributed by atoms with van der Waals surface area (Å²) in [7, 11) is 0. The van der Waals surface area contributed by atoms with Gasteiger partial charge in [-0.05, 0) is 57.9 Å². The highest BCUT2D eigenvalue weighted by molar-refractivity contribution is 5.92. The maximum Gasteiger partial charge on any atom is 0.338 e. The summed E-state index contributed by atoms with van der Waals surface area (Å²) in [6.45, 7) is 5.35. The fourth-order valence-electron chi connectivity index (χ4n) is 2.98. The number of carbonyl (C=O) groups is 2. The third kappa shape index (κ3) is 5.22. The SMILES string of the molecule is CC(C)Oc1ccc(C(=O)O[C@@H](C)C(=O)NC2(C#N)CCCCC2)cc1. The molecule has 0 heterocycles. The van der Waals surface area contributed by atoms with Gasteiger partial charge in [-0.15, -0.1) is 0 Å². The van der Waals surface area contributed by atoms with Gasteiger partial charge in [0.15, 0.2) is 6.10 Å². The summed E-state index contributed by atoms with van der Waals surface area (Å²) in [5, 5.41) is 12.2. The van der Waals surface area contributed by atoms with E-state index in [2.05, 4.69) is 11.4 Å². The molecule has 2 rings (SSSR count). The maximum atomic E-state index is 12.4.